The van der Waals surface area contributed by atoms with Crippen LogP contribution in [0.1, 0.15) is 0 Å². The molecule has 0 aliphatic heterocycles. The average Bonchev–Trinajstić information content (AvgIpc) is 3.36. The lowest BCUT2D eigenvalue weighted by Crippen LogP contribution is -1.97. The Hall–Kier alpha value is -5.25. The minimum Gasteiger partial charge on any atom is -0.309 e. The third-order valence-electron chi connectivity index (χ3n) is 7.82. The van der Waals surface area contributed by atoms with Gasteiger partial charge in [0.2, 0.25) is 0 Å². The molecule has 0 unspecified atom stereocenters. The summed E-state index contributed by atoms with van der Waals surface area (Å²) in [6.45, 7) is 0. The second-order valence-corrected chi connectivity index (χ2v) is 10.9. The fourth-order valence-corrected chi connectivity index (χ4v) is 6.02. The summed E-state index contributed by atoms with van der Waals surface area (Å²) in [5.41, 5.74) is 8.04. The molecule has 0 radical (unpaired) electrons. The highest BCUT2D eigenvalue weighted by Gasteiger charge is 2.17. The molecule has 0 aliphatic rings. The van der Waals surface area contributed by atoms with Crippen molar-refractivity contribution in [3.8, 4) is 39.6 Å². The van der Waals surface area contributed by atoms with Gasteiger partial charge in [-0.3, -0.25) is 0 Å². The van der Waals surface area contributed by atoms with Crippen molar-refractivity contribution in [2.24, 2.45) is 0 Å². The van der Waals surface area contributed by atoms with Crippen molar-refractivity contribution in [2.45, 2.75) is 0 Å². The first-order valence-electron chi connectivity index (χ1n) is 13.9. The van der Waals surface area contributed by atoms with Gasteiger partial charge in [-0.1, -0.05) is 109 Å². The summed E-state index contributed by atoms with van der Waals surface area (Å²) in [6, 6.07) is 50.3. The second-order valence-electron chi connectivity index (χ2n) is 10.5. The summed E-state index contributed by atoms with van der Waals surface area (Å²) >= 11 is 6.38. The van der Waals surface area contributed by atoms with Crippen molar-refractivity contribution >= 4 is 44.2 Å². The van der Waals surface area contributed by atoms with Crippen LogP contribution in [0, 0.1) is 0 Å². The van der Waals surface area contributed by atoms with Gasteiger partial charge in [-0.25, -0.2) is 9.97 Å². The second kappa shape index (κ2) is 9.99. The number of nitrogens with zero attached hydrogens (tertiary/aromatic N) is 3. The topological polar surface area (TPSA) is 30.7 Å². The fourth-order valence-electron chi connectivity index (χ4n) is 5.83. The van der Waals surface area contributed by atoms with Crippen LogP contribution in [0.4, 0.5) is 0 Å². The van der Waals surface area contributed by atoms with Gasteiger partial charge < -0.3 is 4.57 Å². The summed E-state index contributed by atoms with van der Waals surface area (Å²) in [5, 5.41) is 5.53. The number of benzene rings is 6. The monoisotopic (exact) mass is 557 g/mol. The minimum atomic E-state index is 0.670. The lowest BCUT2D eigenvalue weighted by molar-refractivity contribution is 1.17. The van der Waals surface area contributed by atoms with Crippen LogP contribution in [-0.4, -0.2) is 14.5 Å². The maximum absolute atomic E-state index is 6.38. The SMILES string of the molecule is Clc1cccc(-c2cc(-c3ccccc3)nc(-c3ccc4c5cc6ccccc6cc5n(-c5ccccc5)c4c3)n2)c1. The molecule has 42 heavy (non-hydrogen) atoms. The van der Waals surface area contributed by atoms with Gasteiger partial charge >= 0.3 is 0 Å². The predicted molar refractivity (Wildman–Crippen MR) is 175 cm³/mol. The zero-order valence-electron chi connectivity index (χ0n) is 22.6. The first-order chi connectivity index (χ1) is 20.7. The first-order valence-corrected chi connectivity index (χ1v) is 14.3. The molecule has 0 amide bonds. The number of hydrogen-bond acceptors (Lipinski definition) is 2. The maximum atomic E-state index is 6.38. The molecule has 0 spiro atoms. The van der Waals surface area contributed by atoms with Crippen LogP contribution in [0.2, 0.25) is 5.02 Å². The van der Waals surface area contributed by atoms with Crippen molar-refractivity contribution in [1.29, 1.82) is 0 Å². The molecule has 8 aromatic rings. The highest BCUT2D eigenvalue weighted by molar-refractivity contribution is 6.30. The van der Waals surface area contributed by atoms with Crippen LogP contribution in [-0.2, 0) is 0 Å². The number of rotatable bonds is 4. The number of hydrogen-bond donors (Lipinski definition) is 0. The highest BCUT2D eigenvalue weighted by Crippen LogP contribution is 2.37. The lowest BCUT2D eigenvalue weighted by atomic mass is 10.0. The molecule has 3 nitrogen and oxygen atoms in total. The van der Waals surface area contributed by atoms with E-state index in [4.69, 9.17) is 21.6 Å². The normalized spacial score (nSPS) is 11.5. The summed E-state index contributed by atoms with van der Waals surface area (Å²) in [7, 11) is 0. The Morgan fingerprint density at radius 2 is 1.10 bits per heavy atom. The largest absolute Gasteiger partial charge is 0.309 e. The molecule has 0 atom stereocenters. The third kappa shape index (κ3) is 4.23. The summed E-state index contributed by atoms with van der Waals surface area (Å²) in [6.07, 6.45) is 0. The van der Waals surface area contributed by atoms with E-state index in [0.29, 0.717) is 10.8 Å². The summed E-state index contributed by atoms with van der Waals surface area (Å²) in [4.78, 5) is 10.1. The Bertz CT molecular complexity index is 2250. The van der Waals surface area contributed by atoms with Gasteiger partial charge in [-0.15, -0.1) is 0 Å². The average molecular weight is 558 g/mol. The Morgan fingerprint density at radius 3 is 1.86 bits per heavy atom. The molecule has 0 fully saturated rings. The van der Waals surface area contributed by atoms with Gasteiger partial charge in [0.05, 0.1) is 22.4 Å². The quantitative estimate of drug-likeness (QED) is 0.215. The zero-order chi connectivity index (χ0) is 28.0. The number of aromatic nitrogens is 3. The van der Waals surface area contributed by atoms with E-state index >= 15 is 0 Å². The number of halogens is 1. The standard InChI is InChI=1S/C38H24ClN3/c39-30-15-9-14-28(20-30)35-24-34(25-10-3-1-4-11-25)40-38(41-35)29-18-19-32-33-21-26-12-7-8-13-27(26)22-37(33)42(36(32)23-29)31-16-5-2-6-17-31/h1-24H. The van der Waals surface area contributed by atoms with E-state index in [1.165, 1.54) is 27.1 Å². The molecule has 6 aromatic carbocycles. The van der Waals surface area contributed by atoms with E-state index in [9.17, 15) is 0 Å². The van der Waals surface area contributed by atoms with E-state index in [-0.39, 0.29) is 0 Å². The smallest absolute Gasteiger partial charge is 0.160 e. The van der Waals surface area contributed by atoms with Crippen molar-refractivity contribution in [2.75, 3.05) is 0 Å². The molecule has 0 N–H and O–H groups in total. The van der Waals surface area contributed by atoms with E-state index in [2.05, 4.69) is 102 Å². The van der Waals surface area contributed by atoms with E-state index in [1.54, 1.807) is 0 Å². The van der Waals surface area contributed by atoms with E-state index < -0.39 is 0 Å². The third-order valence-corrected chi connectivity index (χ3v) is 8.06. The minimum absolute atomic E-state index is 0.670. The zero-order valence-corrected chi connectivity index (χ0v) is 23.3. The maximum Gasteiger partial charge on any atom is 0.160 e. The van der Waals surface area contributed by atoms with Crippen molar-refractivity contribution in [1.82, 2.24) is 14.5 Å². The van der Waals surface area contributed by atoms with Gasteiger partial charge in [-0.2, -0.15) is 0 Å². The first kappa shape index (κ1) is 24.5. The van der Waals surface area contributed by atoms with Crippen LogP contribution in [0.5, 0.6) is 0 Å². The van der Waals surface area contributed by atoms with Crippen LogP contribution in [0.15, 0.2) is 146 Å². The molecule has 0 aliphatic carbocycles. The van der Waals surface area contributed by atoms with Gasteiger partial charge in [0.1, 0.15) is 0 Å². The number of para-hydroxylation sites is 1. The molecule has 0 bridgehead atoms. The van der Waals surface area contributed by atoms with Gasteiger partial charge in [0, 0.05) is 38.2 Å². The Balaban J connectivity index is 1.40. The van der Waals surface area contributed by atoms with E-state index in [1.807, 2.05) is 48.5 Å². The Morgan fingerprint density at radius 1 is 0.452 bits per heavy atom. The van der Waals surface area contributed by atoms with Crippen LogP contribution in [0.25, 0.3) is 72.2 Å². The van der Waals surface area contributed by atoms with Crippen molar-refractivity contribution in [3.05, 3.63) is 151 Å². The van der Waals surface area contributed by atoms with Crippen LogP contribution in [0.3, 0.4) is 0 Å². The highest BCUT2D eigenvalue weighted by atomic mass is 35.5. The molecule has 4 heteroatoms. The molecule has 0 saturated heterocycles. The molecule has 2 aromatic heterocycles. The number of fused-ring (bicyclic) bond motifs is 4. The Kier molecular flexibility index (Phi) is 5.83. The fraction of sp³-hybridized carbons (Fsp3) is 0. The van der Waals surface area contributed by atoms with Crippen molar-refractivity contribution < 1.29 is 0 Å². The van der Waals surface area contributed by atoms with Crippen LogP contribution >= 0.6 is 11.6 Å². The van der Waals surface area contributed by atoms with Crippen molar-refractivity contribution in [3.63, 3.8) is 0 Å². The van der Waals surface area contributed by atoms with Gasteiger partial charge in [0.25, 0.3) is 0 Å². The Labute approximate surface area is 248 Å². The summed E-state index contributed by atoms with van der Waals surface area (Å²) < 4.78 is 2.35. The molecular formula is C38H24ClN3. The molecule has 8 rings (SSSR count). The van der Waals surface area contributed by atoms with Crippen LogP contribution < -0.4 is 0 Å². The molecule has 198 valence electrons. The van der Waals surface area contributed by atoms with Gasteiger partial charge in [-0.05, 0) is 59.3 Å². The predicted octanol–water partition coefficient (Wildman–Crippen LogP) is 10.4. The molecular weight excluding hydrogens is 534 g/mol. The van der Waals surface area contributed by atoms with Gasteiger partial charge in [0.15, 0.2) is 5.82 Å². The summed E-state index contributed by atoms with van der Waals surface area (Å²) in [5.74, 6) is 0.670. The molecule has 0 saturated carbocycles. The molecule has 2 heterocycles. The lowest BCUT2D eigenvalue weighted by Gasteiger charge is -2.11. The van der Waals surface area contributed by atoms with E-state index in [0.717, 1.165) is 39.3 Å².